The van der Waals surface area contributed by atoms with Crippen LogP contribution in [0.25, 0.3) is 0 Å². The number of aromatic carboxylic acids is 1. The molecule has 1 aliphatic rings. The number of aliphatic carboxylic acids is 1. The fourth-order valence-electron chi connectivity index (χ4n) is 2.48. The molecule has 0 unspecified atom stereocenters. The number of anilines is 1. The van der Waals surface area contributed by atoms with Crippen molar-refractivity contribution in [3.63, 3.8) is 0 Å². The Balaban J connectivity index is 0.000000370. The molecule has 3 rings (SSSR count). The molecule has 0 bridgehead atoms. The number of alkyl halides is 3. The standard InChI is InChI=1S/C14H15ClN4O3.C2HF3O2/c15-9-1-3-10(4-2-9)19-7-5-11(6-8-19)22-13-12(14(20)21)16-18-17-13;3-2(4,5)1(6)7/h1-4,11H,5-8H2,(H,20,21)(H,16,17,18);(H,6,7). The Labute approximate surface area is 167 Å². The third-order valence-corrected chi connectivity index (χ3v) is 4.14. The van der Waals surface area contributed by atoms with Gasteiger partial charge in [-0.25, -0.2) is 14.7 Å². The molecule has 1 aromatic carbocycles. The number of carboxylic acids is 2. The van der Waals surface area contributed by atoms with Crippen LogP contribution in [-0.2, 0) is 4.79 Å². The maximum Gasteiger partial charge on any atom is 0.490 e. The van der Waals surface area contributed by atoms with Gasteiger partial charge in [-0.1, -0.05) is 21.9 Å². The molecular formula is C16H16ClF3N4O5. The molecular weight excluding hydrogens is 421 g/mol. The highest BCUT2D eigenvalue weighted by Crippen LogP contribution is 2.24. The molecule has 13 heteroatoms. The smallest absolute Gasteiger partial charge is 0.476 e. The van der Waals surface area contributed by atoms with E-state index in [1.165, 1.54) is 0 Å². The molecule has 0 spiro atoms. The first-order chi connectivity index (χ1) is 13.6. The van der Waals surface area contributed by atoms with Crippen molar-refractivity contribution in [2.75, 3.05) is 18.0 Å². The first-order valence-corrected chi connectivity index (χ1v) is 8.57. The van der Waals surface area contributed by atoms with E-state index < -0.39 is 18.1 Å². The molecule has 2 heterocycles. The SMILES string of the molecule is O=C(O)C(F)(F)F.O=C(O)c1[nH]nnc1OC1CCN(c2ccc(Cl)cc2)CC1. The van der Waals surface area contributed by atoms with Crippen LogP contribution in [-0.4, -0.2) is 62.9 Å². The predicted molar refractivity (Wildman–Crippen MR) is 94.3 cm³/mol. The van der Waals surface area contributed by atoms with Gasteiger partial charge < -0.3 is 19.8 Å². The molecule has 1 saturated heterocycles. The third kappa shape index (κ3) is 6.52. The molecule has 9 nitrogen and oxygen atoms in total. The molecule has 1 aromatic heterocycles. The monoisotopic (exact) mass is 436 g/mol. The second-order valence-electron chi connectivity index (χ2n) is 5.88. The van der Waals surface area contributed by atoms with Gasteiger partial charge in [0.25, 0.3) is 5.88 Å². The number of hydrogen-bond donors (Lipinski definition) is 3. The number of carboxylic acid groups (broad SMARTS) is 2. The maximum absolute atomic E-state index is 11.0. The van der Waals surface area contributed by atoms with Crippen molar-refractivity contribution in [3.05, 3.63) is 35.0 Å². The van der Waals surface area contributed by atoms with Crippen molar-refractivity contribution in [3.8, 4) is 5.88 Å². The first kappa shape index (κ1) is 22.3. The summed E-state index contributed by atoms with van der Waals surface area (Å²) in [5, 5.41) is 26.3. The lowest BCUT2D eigenvalue weighted by atomic mass is 10.1. The van der Waals surface area contributed by atoms with Gasteiger partial charge in [0, 0.05) is 36.6 Å². The number of hydrogen-bond acceptors (Lipinski definition) is 6. The molecule has 0 radical (unpaired) electrons. The van der Waals surface area contributed by atoms with Crippen molar-refractivity contribution in [2.24, 2.45) is 0 Å². The van der Waals surface area contributed by atoms with E-state index in [4.69, 9.17) is 31.3 Å². The molecule has 0 saturated carbocycles. The van der Waals surface area contributed by atoms with Gasteiger partial charge in [0.1, 0.15) is 6.10 Å². The largest absolute Gasteiger partial charge is 0.490 e. The number of benzene rings is 1. The van der Waals surface area contributed by atoms with Crippen LogP contribution in [0, 0.1) is 0 Å². The third-order valence-electron chi connectivity index (χ3n) is 3.88. The van der Waals surface area contributed by atoms with Gasteiger partial charge in [-0.15, -0.1) is 0 Å². The average Bonchev–Trinajstić information content (AvgIpc) is 3.11. The number of H-pyrrole nitrogens is 1. The van der Waals surface area contributed by atoms with Crippen LogP contribution in [0.15, 0.2) is 24.3 Å². The molecule has 3 N–H and O–H groups in total. The number of nitrogens with zero attached hydrogens (tertiary/aromatic N) is 3. The number of nitrogens with one attached hydrogen (secondary N) is 1. The van der Waals surface area contributed by atoms with Crippen LogP contribution in [0.5, 0.6) is 5.88 Å². The number of ether oxygens (including phenoxy) is 1. The normalized spacial score (nSPS) is 14.7. The first-order valence-electron chi connectivity index (χ1n) is 8.19. The molecule has 2 aromatic rings. The number of rotatable bonds is 4. The summed E-state index contributed by atoms with van der Waals surface area (Å²) in [5.74, 6) is -3.83. The van der Waals surface area contributed by atoms with Gasteiger partial charge in [-0.2, -0.15) is 13.2 Å². The van der Waals surface area contributed by atoms with Crippen molar-refractivity contribution < 1.29 is 37.7 Å². The molecule has 0 amide bonds. The highest BCUT2D eigenvalue weighted by atomic mass is 35.5. The van der Waals surface area contributed by atoms with Gasteiger partial charge in [-0.3, -0.25) is 0 Å². The van der Waals surface area contributed by atoms with Gasteiger partial charge in [0.15, 0.2) is 0 Å². The van der Waals surface area contributed by atoms with Crippen LogP contribution in [0.4, 0.5) is 18.9 Å². The minimum Gasteiger partial charge on any atom is -0.476 e. The van der Waals surface area contributed by atoms with Gasteiger partial charge >= 0.3 is 18.1 Å². The van der Waals surface area contributed by atoms with E-state index in [1.807, 2.05) is 24.3 Å². The van der Waals surface area contributed by atoms with E-state index in [9.17, 15) is 18.0 Å². The zero-order valence-electron chi connectivity index (χ0n) is 14.7. The molecule has 0 aliphatic carbocycles. The minimum atomic E-state index is -5.08. The molecule has 1 fully saturated rings. The number of halogens is 4. The summed E-state index contributed by atoms with van der Waals surface area (Å²) in [6.07, 6.45) is -3.57. The highest BCUT2D eigenvalue weighted by molar-refractivity contribution is 6.30. The second-order valence-corrected chi connectivity index (χ2v) is 6.32. The van der Waals surface area contributed by atoms with Crippen LogP contribution in [0.1, 0.15) is 23.3 Å². The summed E-state index contributed by atoms with van der Waals surface area (Å²) in [4.78, 5) is 22.1. The quantitative estimate of drug-likeness (QED) is 0.667. The van der Waals surface area contributed by atoms with Crippen molar-refractivity contribution in [1.82, 2.24) is 15.4 Å². The summed E-state index contributed by atoms with van der Waals surface area (Å²) in [6, 6.07) is 7.72. The Morgan fingerprint density at radius 3 is 2.21 bits per heavy atom. The number of aromatic amines is 1. The fraction of sp³-hybridized carbons (Fsp3) is 0.375. The topological polar surface area (TPSA) is 129 Å². The van der Waals surface area contributed by atoms with E-state index in [0.29, 0.717) is 5.02 Å². The zero-order valence-corrected chi connectivity index (χ0v) is 15.4. The van der Waals surface area contributed by atoms with Crippen molar-refractivity contribution in [2.45, 2.75) is 25.1 Å². The average molecular weight is 437 g/mol. The summed E-state index contributed by atoms with van der Waals surface area (Å²) in [7, 11) is 0. The molecule has 1 aliphatic heterocycles. The molecule has 158 valence electrons. The molecule has 0 atom stereocenters. The fourth-order valence-corrected chi connectivity index (χ4v) is 2.61. The van der Waals surface area contributed by atoms with Crippen molar-refractivity contribution in [1.29, 1.82) is 0 Å². The lowest BCUT2D eigenvalue weighted by Gasteiger charge is -2.33. The van der Waals surface area contributed by atoms with E-state index in [0.717, 1.165) is 31.6 Å². The van der Waals surface area contributed by atoms with Gasteiger partial charge in [-0.05, 0) is 24.3 Å². The summed E-state index contributed by atoms with van der Waals surface area (Å²) in [5.41, 5.74) is 1.01. The zero-order chi connectivity index (χ0) is 21.6. The Hall–Kier alpha value is -3.02. The Morgan fingerprint density at radius 2 is 1.72 bits per heavy atom. The minimum absolute atomic E-state index is 0.0532. The van der Waals surface area contributed by atoms with Crippen LogP contribution in [0.2, 0.25) is 5.02 Å². The highest BCUT2D eigenvalue weighted by Gasteiger charge is 2.38. The van der Waals surface area contributed by atoms with E-state index in [-0.39, 0.29) is 17.7 Å². The van der Waals surface area contributed by atoms with E-state index >= 15 is 0 Å². The van der Waals surface area contributed by atoms with Crippen molar-refractivity contribution >= 4 is 29.2 Å². The Bertz CT molecular complexity index is 836. The maximum atomic E-state index is 11.0. The van der Waals surface area contributed by atoms with E-state index in [2.05, 4.69) is 20.3 Å². The van der Waals surface area contributed by atoms with E-state index in [1.54, 1.807) is 0 Å². The Morgan fingerprint density at radius 1 is 1.17 bits per heavy atom. The van der Waals surface area contributed by atoms with Crippen LogP contribution in [0.3, 0.4) is 0 Å². The number of carbonyl (C=O) groups is 2. The lowest BCUT2D eigenvalue weighted by molar-refractivity contribution is -0.192. The summed E-state index contributed by atoms with van der Waals surface area (Å²) in [6.45, 7) is 1.65. The van der Waals surface area contributed by atoms with Gasteiger partial charge in [0.05, 0.1) is 0 Å². The second kappa shape index (κ2) is 9.45. The Kier molecular flexibility index (Phi) is 7.26. The summed E-state index contributed by atoms with van der Waals surface area (Å²) < 4.78 is 37.4. The lowest BCUT2D eigenvalue weighted by Crippen LogP contribution is -2.38. The number of aromatic nitrogens is 3. The number of piperidine rings is 1. The predicted octanol–water partition coefficient (Wildman–Crippen LogP) is 2.84. The van der Waals surface area contributed by atoms with Crippen LogP contribution >= 0.6 is 11.6 Å². The van der Waals surface area contributed by atoms with Crippen LogP contribution < -0.4 is 9.64 Å². The summed E-state index contributed by atoms with van der Waals surface area (Å²) >= 11 is 5.89. The molecule has 29 heavy (non-hydrogen) atoms. The van der Waals surface area contributed by atoms with Gasteiger partial charge in [0.2, 0.25) is 5.69 Å².